The fraction of sp³-hybridized carbons (Fsp3) is 0.588. The van der Waals surface area contributed by atoms with E-state index in [1.54, 1.807) is 0 Å². The first-order valence-corrected chi connectivity index (χ1v) is 7.96. The molecular formula is C17H26N2O. The standard InChI is InChI=1S/C17H26N2O/c1-2-3-4-8-13-18-17(20)19-14-9-7-11-15-10-5-6-12-16(15)19/h5-6,10,12H,2-4,7-9,11,13-14H2,1H3,(H,18,20). The van der Waals surface area contributed by atoms with E-state index >= 15 is 0 Å². The van der Waals surface area contributed by atoms with Crippen LogP contribution in [0, 0.1) is 0 Å². The number of carbonyl (C=O) groups excluding carboxylic acids is 1. The zero-order valence-electron chi connectivity index (χ0n) is 12.5. The van der Waals surface area contributed by atoms with Crippen molar-refractivity contribution in [2.75, 3.05) is 18.0 Å². The van der Waals surface area contributed by atoms with Crippen LogP contribution in [0.1, 0.15) is 51.0 Å². The van der Waals surface area contributed by atoms with Crippen LogP contribution < -0.4 is 10.2 Å². The Bertz CT molecular complexity index is 431. The summed E-state index contributed by atoms with van der Waals surface area (Å²) in [7, 11) is 0. The number of hydrogen-bond acceptors (Lipinski definition) is 1. The molecule has 110 valence electrons. The fourth-order valence-corrected chi connectivity index (χ4v) is 2.74. The average Bonchev–Trinajstić information content (AvgIpc) is 2.69. The van der Waals surface area contributed by atoms with Gasteiger partial charge >= 0.3 is 6.03 Å². The number of amides is 2. The van der Waals surface area contributed by atoms with Gasteiger partial charge in [0.25, 0.3) is 0 Å². The van der Waals surface area contributed by atoms with Crippen LogP contribution in [-0.4, -0.2) is 19.1 Å². The largest absolute Gasteiger partial charge is 0.338 e. The number of nitrogens with zero attached hydrogens (tertiary/aromatic N) is 1. The lowest BCUT2D eigenvalue weighted by Gasteiger charge is -2.23. The Balaban J connectivity index is 1.92. The first kappa shape index (κ1) is 14.9. The molecule has 0 atom stereocenters. The van der Waals surface area contributed by atoms with Gasteiger partial charge in [-0.25, -0.2) is 4.79 Å². The van der Waals surface area contributed by atoms with E-state index in [1.165, 1.54) is 24.8 Å². The lowest BCUT2D eigenvalue weighted by Crippen LogP contribution is -2.41. The summed E-state index contributed by atoms with van der Waals surface area (Å²) in [6.45, 7) is 3.82. The minimum Gasteiger partial charge on any atom is -0.338 e. The maximum absolute atomic E-state index is 12.4. The van der Waals surface area contributed by atoms with Gasteiger partial charge in [-0.3, -0.25) is 4.90 Å². The average molecular weight is 274 g/mol. The lowest BCUT2D eigenvalue weighted by atomic mass is 10.1. The number of unbranched alkanes of at least 4 members (excludes halogenated alkanes) is 3. The van der Waals surface area contributed by atoms with Gasteiger partial charge < -0.3 is 5.32 Å². The van der Waals surface area contributed by atoms with E-state index < -0.39 is 0 Å². The van der Waals surface area contributed by atoms with Crippen LogP contribution in [0.2, 0.25) is 0 Å². The van der Waals surface area contributed by atoms with Crippen molar-refractivity contribution in [2.45, 2.75) is 51.9 Å². The van der Waals surface area contributed by atoms with Crippen LogP contribution in [-0.2, 0) is 6.42 Å². The second-order valence-corrected chi connectivity index (χ2v) is 5.53. The Morgan fingerprint density at radius 1 is 1.20 bits per heavy atom. The summed E-state index contributed by atoms with van der Waals surface area (Å²) in [5.74, 6) is 0. The molecule has 0 aromatic heterocycles. The van der Waals surface area contributed by atoms with Crippen LogP contribution in [0.5, 0.6) is 0 Å². The van der Waals surface area contributed by atoms with Crippen molar-refractivity contribution in [3.05, 3.63) is 29.8 Å². The van der Waals surface area contributed by atoms with E-state index in [-0.39, 0.29) is 6.03 Å². The molecule has 2 amide bonds. The SMILES string of the molecule is CCCCCCNC(=O)N1CCCCc2ccccc21. The first-order valence-electron chi connectivity index (χ1n) is 7.96. The molecule has 1 aliphatic heterocycles. The quantitative estimate of drug-likeness (QED) is 0.805. The number of para-hydroxylation sites is 1. The predicted molar refractivity (Wildman–Crippen MR) is 84.3 cm³/mol. The lowest BCUT2D eigenvalue weighted by molar-refractivity contribution is 0.246. The molecule has 3 heteroatoms. The van der Waals surface area contributed by atoms with Crippen LogP contribution in [0.3, 0.4) is 0 Å². The summed E-state index contributed by atoms with van der Waals surface area (Å²) in [5.41, 5.74) is 2.39. The zero-order chi connectivity index (χ0) is 14.2. The summed E-state index contributed by atoms with van der Waals surface area (Å²) in [6.07, 6.45) is 8.09. The van der Waals surface area contributed by atoms with Crippen LogP contribution in [0.4, 0.5) is 10.5 Å². The number of fused-ring (bicyclic) bond motifs is 1. The number of rotatable bonds is 5. The number of benzene rings is 1. The zero-order valence-corrected chi connectivity index (χ0v) is 12.5. The van der Waals surface area contributed by atoms with Crippen LogP contribution in [0.25, 0.3) is 0 Å². The first-order chi connectivity index (χ1) is 9.83. The van der Waals surface area contributed by atoms with E-state index in [2.05, 4.69) is 30.4 Å². The van der Waals surface area contributed by atoms with Gasteiger partial charge in [-0.2, -0.15) is 0 Å². The number of nitrogens with one attached hydrogen (secondary N) is 1. The number of urea groups is 1. The number of hydrogen-bond donors (Lipinski definition) is 1. The van der Waals surface area contributed by atoms with Gasteiger partial charge in [-0.15, -0.1) is 0 Å². The Morgan fingerprint density at radius 2 is 2.05 bits per heavy atom. The minimum absolute atomic E-state index is 0.0656. The van der Waals surface area contributed by atoms with Crippen molar-refractivity contribution in [2.24, 2.45) is 0 Å². The summed E-state index contributed by atoms with van der Waals surface area (Å²) in [5, 5.41) is 3.07. The second kappa shape index (κ2) is 7.93. The van der Waals surface area contributed by atoms with Gasteiger partial charge in [0.15, 0.2) is 0 Å². The summed E-state index contributed by atoms with van der Waals surface area (Å²) in [4.78, 5) is 14.3. The van der Waals surface area contributed by atoms with E-state index in [0.29, 0.717) is 0 Å². The fourth-order valence-electron chi connectivity index (χ4n) is 2.74. The number of aryl methyl sites for hydroxylation is 1. The van der Waals surface area contributed by atoms with Crippen molar-refractivity contribution in [1.82, 2.24) is 5.32 Å². The molecule has 0 unspecified atom stereocenters. The van der Waals surface area contributed by atoms with E-state index in [4.69, 9.17) is 0 Å². The third kappa shape index (κ3) is 3.99. The summed E-state index contributed by atoms with van der Waals surface area (Å²) < 4.78 is 0. The molecule has 0 aliphatic carbocycles. The van der Waals surface area contributed by atoms with E-state index in [0.717, 1.165) is 44.5 Å². The normalized spacial score (nSPS) is 14.6. The predicted octanol–water partition coefficient (Wildman–Crippen LogP) is 4.12. The molecule has 1 heterocycles. The molecule has 3 nitrogen and oxygen atoms in total. The van der Waals surface area contributed by atoms with E-state index in [9.17, 15) is 4.79 Å². The Morgan fingerprint density at radius 3 is 2.90 bits per heavy atom. The second-order valence-electron chi connectivity index (χ2n) is 5.53. The molecule has 1 aliphatic rings. The highest BCUT2D eigenvalue weighted by molar-refractivity contribution is 5.92. The number of carbonyl (C=O) groups is 1. The van der Waals surface area contributed by atoms with Gasteiger partial charge in [0.1, 0.15) is 0 Å². The number of anilines is 1. The Kier molecular flexibility index (Phi) is 5.90. The van der Waals surface area contributed by atoms with Crippen molar-refractivity contribution in [1.29, 1.82) is 0 Å². The highest BCUT2D eigenvalue weighted by Gasteiger charge is 2.20. The van der Waals surface area contributed by atoms with Crippen LogP contribution in [0.15, 0.2) is 24.3 Å². The molecule has 1 aromatic carbocycles. The highest BCUT2D eigenvalue weighted by Crippen LogP contribution is 2.25. The topological polar surface area (TPSA) is 32.3 Å². The maximum Gasteiger partial charge on any atom is 0.321 e. The van der Waals surface area contributed by atoms with Crippen molar-refractivity contribution >= 4 is 11.7 Å². The molecule has 0 bridgehead atoms. The van der Waals surface area contributed by atoms with Crippen LogP contribution >= 0.6 is 0 Å². The molecule has 1 aromatic rings. The molecule has 0 saturated carbocycles. The third-order valence-electron chi connectivity index (χ3n) is 3.91. The monoisotopic (exact) mass is 274 g/mol. The third-order valence-corrected chi connectivity index (χ3v) is 3.91. The molecule has 1 N–H and O–H groups in total. The molecule has 0 fully saturated rings. The van der Waals surface area contributed by atoms with Gasteiger partial charge in [0.2, 0.25) is 0 Å². The molecule has 2 rings (SSSR count). The molecule has 0 spiro atoms. The van der Waals surface area contributed by atoms with Crippen molar-refractivity contribution in [3.63, 3.8) is 0 Å². The van der Waals surface area contributed by atoms with Crippen molar-refractivity contribution in [3.8, 4) is 0 Å². The van der Waals surface area contributed by atoms with Gasteiger partial charge in [0.05, 0.1) is 0 Å². The molecule has 0 saturated heterocycles. The van der Waals surface area contributed by atoms with Gasteiger partial charge in [0, 0.05) is 18.8 Å². The summed E-state index contributed by atoms with van der Waals surface area (Å²) >= 11 is 0. The van der Waals surface area contributed by atoms with Gasteiger partial charge in [-0.1, -0.05) is 44.4 Å². The minimum atomic E-state index is 0.0656. The smallest absolute Gasteiger partial charge is 0.321 e. The van der Waals surface area contributed by atoms with E-state index in [1.807, 2.05) is 11.0 Å². The Labute approximate surface area is 122 Å². The highest BCUT2D eigenvalue weighted by atomic mass is 16.2. The molecule has 20 heavy (non-hydrogen) atoms. The maximum atomic E-state index is 12.4. The van der Waals surface area contributed by atoms with Crippen molar-refractivity contribution < 1.29 is 4.79 Å². The molecular weight excluding hydrogens is 248 g/mol. The Hall–Kier alpha value is -1.51. The summed E-state index contributed by atoms with van der Waals surface area (Å²) in [6, 6.07) is 8.35. The molecule has 0 radical (unpaired) electrons. The van der Waals surface area contributed by atoms with Gasteiger partial charge in [-0.05, 0) is 37.3 Å².